The number of carbonyl (C=O) groups is 2. The van der Waals surface area contributed by atoms with Crippen LogP contribution in [0.5, 0.6) is 0 Å². The number of amides is 2. The predicted molar refractivity (Wildman–Crippen MR) is 80.3 cm³/mol. The third-order valence-corrected chi connectivity index (χ3v) is 6.44. The van der Waals surface area contributed by atoms with E-state index in [1.165, 1.54) is 0 Å². The molecular weight excluding hydrogens is 306 g/mol. The summed E-state index contributed by atoms with van der Waals surface area (Å²) in [5, 5.41) is 5.34. The zero-order valence-electron chi connectivity index (χ0n) is 12.3. The Bertz CT molecular complexity index is 608. The van der Waals surface area contributed by atoms with Gasteiger partial charge in [0.15, 0.2) is 0 Å². The average molecular weight is 327 g/mol. The molecule has 2 saturated carbocycles. The lowest BCUT2D eigenvalue weighted by atomic mass is 10.1. The van der Waals surface area contributed by atoms with E-state index in [0.29, 0.717) is 19.3 Å². The second kappa shape index (κ2) is 5.34. The summed E-state index contributed by atoms with van der Waals surface area (Å²) < 4.78 is 26.0. The lowest BCUT2D eigenvalue weighted by molar-refractivity contribution is -0.130. The summed E-state index contributed by atoms with van der Waals surface area (Å²) in [6, 6.07) is -0.309. The highest BCUT2D eigenvalue weighted by Crippen LogP contribution is 2.45. The average Bonchev–Trinajstić information content (AvgIpc) is 3.36. The Kier molecular flexibility index (Phi) is 3.76. The Morgan fingerprint density at radius 2 is 2.00 bits per heavy atom. The molecule has 0 aromatic rings. The zero-order chi connectivity index (χ0) is 16.0. The van der Waals surface area contributed by atoms with Gasteiger partial charge in [0.2, 0.25) is 15.9 Å². The van der Waals surface area contributed by atoms with Crippen molar-refractivity contribution in [3.8, 4) is 0 Å². The Morgan fingerprint density at radius 1 is 1.27 bits per heavy atom. The minimum atomic E-state index is -3.62. The van der Waals surface area contributed by atoms with E-state index in [1.807, 2.05) is 0 Å². The fourth-order valence-electron chi connectivity index (χ4n) is 2.93. The molecule has 0 aromatic heterocycles. The van der Waals surface area contributed by atoms with Crippen LogP contribution in [0.3, 0.4) is 0 Å². The summed E-state index contributed by atoms with van der Waals surface area (Å²) in [5.41, 5.74) is -1.16. The van der Waals surface area contributed by atoms with E-state index in [-0.39, 0.29) is 17.9 Å². The fraction of sp³-hybridized carbons (Fsp3) is 0.714. The molecule has 1 aliphatic heterocycles. The van der Waals surface area contributed by atoms with E-state index in [2.05, 4.69) is 21.9 Å². The van der Waals surface area contributed by atoms with E-state index in [4.69, 9.17) is 0 Å². The fourth-order valence-corrected chi connectivity index (χ4v) is 4.30. The summed E-state index contributed by atoms with van der Waals surface area (Å²) in [6.07, 6.45) is 4.78. The molecule has 1 saturated heterocycles. The van der Waals surface area contributed by atoms with Gasteiger partial charge in [0, 0.05) is 5.92 Å². The molecule has 0 radical (unpaired) electrons. The third kappa shape index (κ3) is 2.77. The van der Waals surface area contributed by atoms with Crippen LogP contribution in [0.4, 0.5) is 0 Å². The van der Waals surface area contributed by atoms with Crippen LogP contribution in [0.15, 0.2) is 12.7 Å². The van der Waals surface area contributed by atoms with E-state index < -0.39 is 26.7 Å². The maximum absolute atomic E-state index is 12.4. The quantitative estimate of drug-likeness (QED) is 0.566. The van der Waals surface area contributed by atoms with Gasteiger partial charge in [0.1, 0.15) is 5.54 Å². The summed E-state index contributed by atoms with van der Waals surface area (Å²) in [7, 11) is -3.62. The van der Waals surface area contributed by atoms with Gasteiger partial charge in [0.25, 0.3) is 5.91 Å². The molecule has 3 N–H and O–H groups in total. The van der Waals surface area contributed by atoms with Crippen LogP contribution >= 0.6 is 0 Å². The van der Waals surface area contributed by atoms with Crippen molar-refractivity contribution >= 4 is 21.8 Å². The highest BCUT2D eigenvalue weighted by molar-refractivity contribution is 7.90. The van der Waals surface area contributed by atoms with Gasteiger partial charge in [-0.05, 0) is 38.6 Å². The maximum atomic E-state index is 12.4. The van der Waals surface area contributed by atoms with Crippen molar-refractivity contribution in [2.45, 2.75) is 48.9 Å². The van der Waals surface area contributed by atoms with Crippen LogP contribution in [-0.4, -0.2) is 43.6 Å². The van der Waals surface area contributed by atoms with Gasteiger partial charge in [-0.2, -0.15) is 0 Å². The number of sulfonamides is 1. The monoisotopic (exact) mass is 327 g/mol. The standard InChI is InChI=1S/C14H21N3O4S/c1-2-9-8-14(9,16-12(18)11-4-3-7-15-11)13(19)17-22(20,21)10-5-6-10/h2,9-11,15H,1,3-8H2,(H,16,18)(H,17,19). The molecule has 2 amide bonds. The number of carbonyl (C=O) groups excluding carboxylic acids is 2. The van der Waals surface area contributed by atoms with Crippen molar-refractivity contribution in [3.05, 3.63) is 12.7 Å². The number of hydrogen-bond acceptors (Lipinski definition) is 5. The van der Waals surface area contributed by atoms with Crippen LogP contribution in [0.25, 0.3) is 0 Å². The SMILES string of the molecule is C=CC1CC1(NC(=O)C1CCCN1)C(=O)NS(=O)(=O)C1CC1. The molecule has 2 aliphatic carbocycles. The number of nitrogens with one attached hydrogen (secondary N) is 3. The van der Waals surface area contributed by atoms with E-state index in [9.17, 15) is 18.0 Å². The first kappa shape index (κ1) is 15.5. The molecule has 3 fully saturated rings. The lowest BCUT2D eigenvalue weighted by Gasteiger charge is -2.21. The van der Waals surface area contributed by atoms with Crippen LogP contribution in [0.1, 0.15) is 32.1 Å². The Labute approximate surface area is 130 Å². The summed E-state index contributed by atoms with van der Waals surface area (Å²) in [5.74, 6) is -1.12. The van der Waals surface area contributed by atoms with Crippen LogP contribution < -0.4 is 15.4 Å². The molecule has 0 bridgehead atoms. The van der Waals surface area contributed by atoms with E-state index in [0.717, 1.165) is 19.4 Å². The third-order valence-electron chi connectivity index (χ3n) is 4.63. The highest BCUT2D eigenvalue weighted by atomic mass is 32.2. The van der Waals surface area contributed by atoms with E-state index >= 15 is 0 Å². The molecule has 122 valence electrons. The first-order chi connectivity index (χ1) is 10.4. The normalized spacial score (nSPS) is 34.0. The first-order valence-electron chi connectivity index (χ1n) is 7.63. The molecule has 0 aromatic carbocycles. The molecule has 7 nitrogen and oxygen atoms in total. The Morgan fingerprint density at radius 3 is 2.50 bits per heavy atom. The predicted octanol–water partition coefficient (Wildman–Crippen LogP) is -0.592. The topological polar surface area (TPSA) is 104 Å². The smallest absolute Gasteiger partial charge is 0.259 e. The van der Waals surface area contributed by atoms with Gasteiger partial charge in [0.05, 0.1) is 11.3 Å². The second-order valence-electron chi connectivity index (χ2n) is 6.33. The van der Waals surface area contributed by atoms with Gasteiger partial charge < -0.3 is 10.6 Å². The second-order valence-corrected chi connectivity index (χ2v) is 8.29. The Hall–Kier alpha value is -1.41. The molecule has 3 atom stereocenters. The summed E-state index contributed by atoms with van der Waals surface area (Å²) >= 11 is 0. The van der Waals surface area contributed by atoms with Crippen molar-refractivity contribution in [1.29, 1.82) is 0 Å². The summed E-state index contributed by atoms with van der Waals surface area (Å²) in [4.78, 5) is 24.7. The van der Waals surface area contributed by atoms with Crippen LogP contribution in [0.2, 0.25) is 0 Å². The highest BCUT2D eigenvalue weighted by Gasteiger charge is 2.61. The van der Waals surface area contributed by atoms with Gasteiger partial charge in [-0.15, -0.1) is 6.58 Å². The van der Waals surface area contributed by atoms with Crippen LogP contribution in [-0.2, 0) is 19.6 Å². The number of hydrogen-bond donors (Lipinski definition) is 3. The van der Waals surface area contributed by atoms with Crippen molar-refractivity contribution in [2.75, 3.05) is 6.54 Å². The zero-order valence-corrected chi connectivity index (χ0v) is 13.1. The minimum Gasteiger partial charge on any atom is -0.340 e. The van der Waals surface area contributed by atoms with Gasteiger partial charge in [-0.25, -0.2) is 8.42 Å². The van der Waals surface area contributed by atoms with Gasteiger partial charge in [-0.3, -0.25) is 14.3 Å². The van der Waals surface area contributed by atoms with Crippen molar-refractivity contribution in [3.63, 3.8) is 0 Å². The lowest BCUT2D eigenvalue weighted by Crippen LogP contribution is -2.55. The molecule has 3 unspecified atom stereocenters. The number of rotatable bonds is 6. The van der Waals surface area contributed by atoms with Gasteiger partial charge >= 0.3 is 0 Å². The molecule has 3 rings (SSSR count). The molecule has 3 aliphatic rings. The minimum absolute atomic E-state index is 0.229. The van der Waals surface area contributed by atoms with Crippen molar-refractivity contribution in [1.82, 2.24) is 15.4 Å². The van der Waals surface area contributed by atoms with E-state index in [1.54, 1.807) is 6.08 Å². The molecule has 22 heavy (non-hydrogen) atoms. The molecule has 0 spiro atoms. The molecule has 8 heteroatoms. The largest absolute Gasteiger partial charge is 0.340 e. The molecule has 1 heterocycles. The van der Waals surface area contributed by atoms with Gasteiger partial charge in [-0.1, -0.05) is 6.08 Å². The summed E-state index contributed by atoms with van der Waals surface area (Å²) in [6.45, 7) is 4.43. The maximum Gasteiger partial charge on any atom is 0.259 e. The van der Waals surface area contributed by atoms with Crippen LogP contribution in [0, 0.1) is 5.92 Å². The molecular formula is C14H21N3O4S. The Balaban J connectivity index is 1.69. The first-order valence-corrected chi connectivity index (χ1v) is 9.18. The van der Waals surface area contributed by atoms with Crippen molar-refractivity contribution < 1.29 is 18.0 Å². The van der Waals surface area contributed by atoms with Crippen molar-refractivity contribution in [2.24, 2.45) is 5.92 Å².